The quantitative estimate of drug-likeness (QED) is 0.650. The number of benzene rings is 1. The highest BCUT2D eigenvalue weighted by atomic mass is 14.8. The van der Waals surface area contributed by atoms with Crippen LogP contribution in [0.4, 0.5) is 5.69 Å². The summed E-state index contributed by atoms with van der Waals surface area (Å²) in [7, 11) is 1.84. The van der Waals surface area contributed by atoms with Gasteiger partial charge in [0.1, 0.15) is 0 Å². The molecule has 0 aromatic heterocycles. The van der Waals surface area contributed by atoms with Gasteiger partial charge in [-0.25, -0.2) is 0 Å². The van der Waals surface area contributed by atoms with E-state index in [2.05, 4.69) is 11.9 Å². The van der Waals surface area contributed by atoms with Crippen LogP contribution in [-0.4, -0.2) is 7.05 Å². The molecule has 3 N–H and O–H groups in total. The maximum Gasteiger partial charge on any atom is 0.0408 e. The van der Waals surface area contributed by atoms with E-state index in [1.54, 1.807) is 0 Å². The fraction of sp³-hybridized carbons (Fsp3) is 0.200. The van der Waals surface area contributed by atoms with Crippen molar-refractivity contribution in [3.05, 3.63) is 35.9 Å². The van der Waals surface area contributed by atoms with E-state index in [-0.39, 0.29) is 0 Å². The third kappa shape index (κ3) is 1.59. The SMILES string of the molecule is C=C(NC)c1cc(C)ccc1N. The minimum Gasteiger partial charge on any atom is -0.398 e. The lowest BCUT2D eigenvalue weighted by atomic mass is 10.1. The zero-order valence-corrected chi connectivity index (χ0v) is 7.52. The van der Waals surface area contributed by atoms with Crippen LogP contribution >= 0.6 is 0 Å². The van der Waals surface area contributed by atoms with E-state index in [1.165, 1.54) is 5.56 Å². The Morgan fingerprint density at radius 1 is 1.50 bits per heavy atom. The fourth-order valence-electron chi connectivity index (χ4n) is 1.07. The van der Waals surface area contributed by atoms with Gasteiger partial charge in [-0.3, -0.25) is 0 Å². The molecule has 0 heterocycles. The molecule has 0 spiro atoms. The van der Waals surface area contributed by atoms with Crippen molar-refractivity contribution in [3.63, 3.8) is 0 Å². The minimum absolute atomic E-state index is 0.764. The first-order chi connectivity index (χ1) is 5.65. The Labute approximate surface area is 73.1 Å². The summed E-state index contributed by atoms with van der Waals surface area (Å²) in [6, 6.07) is 5.91. The Hall–Kier alpha value is -1.44. The second kappa shape index (κ2) is 3.30. The third-order valence-corrected chi connectivity index (χ3v) is 1.84. The number of nitrogen functional groups attached to an aromatic ring is 1. The fourth-order valence-corrected chi connectivity index (χ4v) is 1.07. The first-order valence-electron chi connectivity index (χ1n) is 3.88. The molecule has 0 aliphatic rings. The molecule has 0 bridgehead atoms. The van der Waals surface area contributed by atoms with Crippen molar-refractivity contribution < 1.29 is 0 Å². The molecule has 2 heteroatoms. The molecule has 0 fully saturated rings. The highest BCUT2D eigenvalue weighted by molar-refractivity contribution is 5.72. The van der Waals surface area contributed by atoms with Crippen LogP contribution in [0.3, 0.4) is 0 Å². The summed E-state index contributed by atoms with van der Waals surface area (Å²) in [4.78, 5) is 0. The molecule has 2 nitrogen and oxygen atoms in total. The summed E-state index contributed by atoms with van der Waals surface area (Å²) < 4.78 is 0. The zero-order chi connectivity index (χ0) is 9.14. The van der Waals surface area contributed by atoms with Gasteiger partial charge in [0.25, 0.3) is 0 Å². The van der Waals surface area contributed by atoms with Gasteiger partial charge in [-0.15, -0.1) is 0 Å². The van der Waals surface area contributed by atoms with Gasteiger partial charge in [0, 0.05) is 24.0 Å². The van der Waals surface area contributed by atoms with E-state index < -0.39 is 0 Å². The zero-order valence-electron chi connectivity index (χ0n) is 7.52. The van der Waals surface area contributed by atoms with Crippen molar-refractivity contribution in [2.45, 2.75) is 6.92 Å². The third-order valence-electron chi connectivity index (χ3n) is 1.84. The van der Waals surface area contributed by atoms with E-state index in [0.717, 1.165) is 16.9 Å². The second-order valence-corrected chi connectivity index (χ2v) is 2.82. The maximum atomic E-state index is 5.77. The molecule has 0 saturated heterocycles. The standard InChI is InChI=1S/C10H14N2/c1-7-4-5-10(11)9(6-7)8(2)12-3/h4-6,12H,2,11H2,1,3H3. The number of nitrogens with two attached hydrogens (primary N) is 1. The topological polar surface area (TPSA) is 38.0 Å². The molecular weight excluding hydrogens is 148 g/mol. The smallest absolute Gasteiger partial charge is 0.0408 e. The van der Waals surface area contributed by atoms with Gasteiger partial charge < -0.3 is 11.1 Å². The number of hydrogen-bond acceptors (Lipinski definition) is 2. The highest BCUT2D eigenvalue weighted by Crippen LogP contribution is 2.18. The largest absolute Gasteiger partial charge is 0.398 e. The molecule has 0 unspecified atom stereocenters. The van der Waals surface area contributed by atoms with Gasteiger partial charge in [-0.2, -0.15) is 0 Å². The lowest BCUT2D eigenvalue weighted by molar-refractivity contribution is 1.13. The molecular formula is C10H14N2. The van der Waals surface area contributed by atoms with Gasteiger partial charge in [0.05, 0.1) is 0 Å². The predicted octanol–water partition coefficient (Wildman–Crippen LogP) is 1.77. The first-order valence-corrected chi connectivity index (χ1v) is 3.88. The predicted molar refractivity (Wildman–Crippen MR) is 53.7 cm³/mol. The molecule has 0 aliphatic carbocycles. The van der Waals surface area contributed by atoms with E-state index in [1.807, 2.05) is 32.2 Å². The normalized spacial score (nSPS) is 9.50. The van der Waals surface area contributed by atoms with Crippen molar-refractivity contribution in [3.8, 4) is 0 Å². The maximum absolute atomic E-state index is 5.77. The summed E-state index contributed by atoms with van der Waals surface area (Å²) in [5.41, 5.74) is 9.56. The van der Waals surface area contributed by atoms with Crippen LogP contribution < -0.4 is 11.1 Å². The monoisotopic (exact) mass is 162 g/mol. The van der Waals surface area contributed by atoms with Crippen LogP contribution in [0.5, 0.6) is 0 Å². The van der Waals surface area contributed by atoms with Crippen molar-refractivity contribution in [2.75, 3.05) is 12.8 Å². The van der Waals surface area contributed by atoms with Crippen LogP contribution in [0.1, 0.15) is 11.1 Å². The average Bonchev–Trinajstić information content (AvgIpc) is 2.08. The van der Waals surface area contributed by atoms with Crippen molar-refractivity contribution >= 4 is 11.4 Å². The van der Waals surface area contributed by atoms with E-state index >= 15 is 0 Å². The van der Waals surface area contributed by atoms with Crippen LogP contribution in [-0.2, 0) is 0 Å². The van der Waals surface area contributed by atoms with Crippen LogP contribution in [0, 0.1) is 6.92 Å². The Kier molecular flexibility index (Phi) is 2.38. The number of aryl methyl sites for hydroxylation is 1. The summed E-state index contributed by atoms with van der Waals surface area (Å²) in [6.07, 6.45) is 0. The summed E-state index contributed by atoms with van der Waals surface area (Å²) in [6.45, 7) is 5.89. The lowest BCUT2D eigenvalue weighted by Gasteiger charge is -2.08. The van der Waals surface area contributed by atoms with Gasteiger partial charge >= 0.3 is 0 Å². The van der Waals surface area contributed by atoms with E-state index in [0.29, 0.717) is 0 Å². The molecule has 0 amide bonds. The summed E-state index contributed by atoms with van der Waals surface area (Å²) in [5.74, 6) is 0. The van der Waals surface area contributed by atoms with Crippen LogP contribution in [0.25, 0.3) is 5.70 Å². The second-order valence-electron chi connectivity index (χ2n) is 2.82. The number of rotatable bonds is 2. The van der Waals surface area contributed by atoms with Crippen molar-refractivity contribution in [1.82, 2.24) is 5.32 Å². The minimum atomic E-state index is 0.764. The first kappa shape index (κ1) is 8.65. The van der Waals surface area contributed by atoms with Crippen molar-refractivity contribution in [1.29, 1.82) is 0 Å². The van der Waals surface area contributed by atoms with Crippen LogP contribution in [0.15, 0.2) is 24.8 Å². The molecule has 0 saturated carbocycles. The Morgan fingerprint density at radius 3 is 2.75 bits per heavy atom. The number of anilines is 1. The van der Waals surface area contributed by atoms with E-state index in [4.69, 9.17) is 5.73 Å². The molecule has 0 aliphatic heterocycles. The lowest BCUT2D eigenvalue weighted by Crippen LogP contribution is -2.05. The summed E-state index contributed by atoms with van der Waals surface area (Å²) in [5, 5.41) is 2.97. The van der Waals surface area contributed by atoms with Gasteiger partial charge in [0.15, 0.2) is 0 Å². The molecule has 1 aromatic carbocycles. The molecule has 0 atom stereocenters. The molecule has 64 valence electrons. The van der Waals surface area contributed by atoms with Gasteiger partial charge in [-0.1, -0.05) is 18.2 Å². The molecule has 12 heavy (non-hydrogen) atoms. The molecule has 0 radical (unpaired) electrons. The molecule has 1 aromatic rings. The average molecular weight is 162 g/mol. The van der Waals surface area contributed by atoms with Gasteiger partial charge in [-0.05, 0) is 19.1 Å². The highest BCUT2D eigenvalue weighted by Gasteiger charge is 2.00. The Balaban J connectivity index is 3.13. The summed E-state index contributed by atoms with van der Waals surface area (Å²) >= 11 is 0. The number of nitrogens with one attached hydrogen (secondary N) is 1. The Morgan fingerprint density at radius 2 is 2.17 bits per heavy atom. The van der Waals surface area contributed by atoms with Crippen molar-refractivity contribution in [2.24, 2.45) is 0 Å². The van der Waals surface area contributed by atoms with Gasteiger partial charge in [0.2, 0.25) is 0 Å². The molecule has 1 rings (SSSR count). The number of hydrogen-bond donors (Lipinski definition) is 2. The Bertz CT molecular complexity index is 303. The van der Waals surface area contributed by atoms with E-state index in [9.17, 15) is 0 Å². The van der Waals surface area contributed by atoms with Crippen LogP contribution in [0.2, 0.25) is 0 Å².